The van der Waals surface area contributed by atoms with Crippen molar-refractivity contribution in [3.8, 4) is 16.9 Å². The van der Waals surface area contributed by atoms with Crippen LogP contribution in [0.4, 0.5) is 17.4 Å². The minimum absolute atomic E-state index is 0.481. The molecule has 1 aliphatic heterocycles. The number of aromatic nitrogens is 1. The molecule has 5 rings (SSSR count). The number of piperazine rings is 1. The lowest BCUT2D eigenvalue weighted by Gasteiger charge is -2.34. The average molecular weight is 429 g/mol. The van der Waals surface area contributed by atoms with Crippen LogP contribution in [0.5, 0.6) is 5.75 Å². The van der Waals surface area contributed by atoms with Gasteiger partial charge in [0.25, 0.3) is 6.01 Å². The van der Waals surface area contributed by atoms with E-state index in [4.69, 9.17) is 9.15 Å². The van der Waals surface area contributed by atoms with Gasteiger partial charge in [0.2, 0.25) is 0 Å². The lowest BCUT2D eigenvalue weighted by molar-refractivity contribution is 0.311. The topological polar surface area (TPSA) is 53.8 Å². The van der Waals surface area contributed by atoms with Crippen LogP contribution in [0.1, 0.15) is 5.56 Å². The number of likely N-dealkylation sites (N-methyl/N-ethyl adjacent to an activating group) is 1. The highest BCUT2D eigenvalue weighted by Crippen LogP contribution is 2.35. The van der Waals surface area contributed by atoms with Gasteiger partial charge in [0.15, 0.2) is 5.58 Å². The zero-order chi connectivity index (χ0) is 22.1. The SMILES string of the molecule is COc1ccc(Nc2nc3cccc(-c4cccc(C)c4)c3o2)cc1N1CCN(C)CC1. The van der Waals surface area contributed by atoms with E-state index in [0.717, 1.165) is 65.5 Å². The second-order valence-electron chi connectivity index (χ2n) is 8.34. The number of para-hydroxylation sites is 1. The Morgan fingerprint density at radius 2 is 1.78 bits per heavy atom. The summed E-state index contributed by atoms with van der Waals surface area (Å²) in [5.41, 5.74) is 7.00. The molecule has 1 aromatic heterocycles. The minimum atomic E-state index is 0.481. The van der Waals surface area contributed by atoms with E-state index in [-0.39, 0.29) is 0 Å². The van der Waals surface area contributed by atoms with Crippen molar-refractivity contribution in [2.45, 2.75) is 6.92 Å². The number of anilines is 3. The highest BCUT2D eigenvalue weighted by molar-refractivity contribution is 5.91. The van der Waals surface area contributed by atoms with Gasteiger partial charge in [0.05, 0.1) is 12.8 Å². The molecular weight excluding hydrogens is 400 g/mol. The van der Waals surface area contributed by atoms with Crippen LogP contribution < -0.4 is 15.0 Å². The number of hydrogen-bond donors (Lipinski definition) is 1. The van der Waals surface area contributed by atoms with Gasteiger partial charge in [-0.05, 0) is 43.8 Å². The zero-order valence-corrected chi connectivity index (χ0v) is 18.8. The number of benzene rings is 3. The van der Waals surface area contributed by atoms with Crippen molar-refractivity contribution in [3.05, 3.63) is 66.2 Å². The number of ether oxygens (including phenoxy) is 1. The number of fused-ring (bicyclic) bond motifs is 1. The highest BCUT2D eigenvalue weighted by atomic mass is 16.5. The van der Waals surface area contributed by atoms with Crippen molar-refractivity contribution in [2.24, 2.45) is 0 Å². The maximum Gasteiger partial charge on any atom is 0.300 e. The van der Waals surface area contributed by atoms with Crippen LogP contribution in [-0.4, -0.2) is 50.2 Å². The van der Waals surface area contributed by atoms with E-state index in [9.17, 15) is 0 Å². The second-order valence-corrected chi connectivity index (χ2v) is 8.34. The number of rotatable bonds is 5. The Morgan fingerprint density at radius 3 is 2.56 bits per heavy atom. The maximum absolute atomic E-state index is 6.18. The molecule has 0 amide bonds. The summed E-state index contributed by atoms with van der Waals surface area (Å²) in [6, 6.07) is 21.1. The monoisotopic (exact) mass is 428 g/mol. The van der Waals surface area contributed by atoms with E-state index < -0.39 is 0 Å². The summed E-state index contributed by atoms with van der Waals surface area (Å²) in [6.45, 7) is 6.11. The molecule has 2 heterocycles. The Labute approximate surface area is 188 Å². The predicted molar refractivity (Wildman–Crippen MR) is 130 cm³/mol. The minimum Gasteiger partial charge on any atom is -0.495 e. The Kier molecular flexibility index (Phi) is 5.45. The fraction of sp³-hybridized carbons (Fsp3) is 0.269. The summed E-state index contributed by atoms with van der Waals surface area (Å²) in [4.78, 5) is 9.39. The first-order valence-corrected chi connectivity index (χ1v) is 11.0. The van der Waals surface area contributed by atoms with Crippen molar-refractivity contribution in [2.75, 3.05) is 50.6 Å². The third-order valence-electron chi connectivity index (χ3n) is 6.02. The fourth-order valence-electron chi connectivity index (χ4n) is 4.23. The van der Waals surface area contributed by atoms with Crippen LogP contribution in [0.3, 0.4) is 0 Å². The molecule has 0 saturated carbocycles. The number of aryl methyl sites for hydroxylation is 1. The van der Waals surface area contributed by atoms with Crippen LogP contribution >= 0.6 is 0 Å². The number of nitrogens with zero attached hydrogens (tertiary/aromatic N) is 3. The first kappa shape index (κ1) is 20.4. The van der Waals surface area contributed by atoms with Gasteiger partial charge in [-0.3, -0.25) is 0 Å². The van der Waals surface area contributed by atoms with Gasteiger partial charge in [0.1, 0.15) is 11.3 Å². The molecule has 4 aromatic rings. The Bertz CT molecular complexity index is 1240. The van der Waals surface area contributed by atoms with Crippen molar-refractivity contribution in [1.29, 1.82) is 0 Å². The number of hydrogen-bond acceptors (Lipinski definition) is 6. The molecule has 0 radical (unpaired) electrons. The van der Waals surface area contributed by atoms with Gasteiger partial charge >= 0.3 is 0 Å². The van der Waals surface area contributed by atoms with E-state index in [1.807, 2.05) is 24.3 Å². The molecule has 164 valence electrons. The second kappa shape index (κ2) is 8.55. The van der Waals surface area contributed by atoms with Crippen molar-refractivity contribution in [1.82, 2.24) is 9.88 Å². The third kappa shape index (κ3) is 4.01. The molecule has 0 aliphatic carbocycles. The molecule has 32 heavy (non-hydrogen) atoms. The number of nitrogens with one attached hydrogen (secondary N) is 1. The van der Waals surface area contributed by atoms with Gasteiger partial charge in [-0.15, -0.1) is 0 Å². The van der Waals surface area contributed by atoms with E-state index in [0.29, 0.717) is 6.01 Å². The smallest absolute Gasteiger partial charge is 0.300 e. The van der Waals surface area contributed by atoms with Crippen LogP contribution in [0.25, 0.3) is 22.2 Å². The van der Waals surface area contributed by atoms with Crippen LogP contribution in [0, 0.1) is 6.92 Å². The van der Waals surface area contributed by atoms with Crippen LogP contribution in [0.15, 0.2) is 65.1 Å². The molecule has 0 unspecified atom stereocenters. The summed E-state index contributed by atoms with van der Waals surface area (Å²) < 4.78 is 11.8. The molecule has 0 atom stereocenters. The fourth-order valence-corrected chi connectivity index (χ4v) is 4.23. The summed E-state index contributed by atoms with van der Waals surface area (Å²) in [5.74, 6) is 0.874. The van der Waals surface area contributed by atoms with Gasteiger partial charge in [-0.2, -0.15) is 4.98 Å². The Hall–Kier alpha value is -3.51. The molecule has 1 N–H and O–H groups in total. The van der Waals surface area contributed by atoms with Crippen molar-refractivity contribution < 1.29 is 9.15 Å². The predicted octanol–water partition coefficient (Wildman–Crippen LogP) is 5.31. The highest BCUT2D eigenvalue weighted by Gasteiger charge is 2.19. The molecule has 0 bridgehead atoms. The van der Waals surface area contributed by atoms with Crippen molar-refractivity contribution in [3.63, 3.8) is 0 Å². The van der Waals surface area contributed by atoms with Gasteiger partial charge in [-0.1, -0.05) is 42.0 Å². The van der Waals surface area contributed by atoms with E-state index in [2.05, 4.69) is 70.5 Å². The van der Waals surface area contributed by atoms with Crippen LogP contribution in [-0.2, 0) is 0 Å². The molecule has 6 heteroatoms. The third-order valence-corrected chi connectivity index (χ3v) is 6.02. The van der Waals surface area contributed by atoms with Gasteiger partial charge < -0.3 is 24.3 Å². The van der Waals surface area contributed by atoms with E-state index >= 15 is 0 Å². The van der Waals surface area contributed by atoms with Gasteiger partial charge in [-0.25, -0.2) is 0 Å². The molecule has 0 spiro atoms. The molecule has 1 fully saturated rings. The maximum atomic E-state index is 6.18. The lowest BCUT2D eigenvalue weighted by Crippen LogP contribution is -2.44. The molecule has 6 nitrogen and oxygen atoms in total. The quantitative estimate of drug-likeness (QED) is 0.465. The zero-order valence-electron chi connectivity index (χ0n) is 18.8. The summed E-state index contributed by atoms with van der Waals surface area (Å²) in [6.07, 6.45) is 0. The molecule has 1 aliphatic rings. The van der Waals surface area contributed by atoms with E-state index in [1.54, 1.807) is 7.11 Å². The standard InChI is InChI=1S/C26H28N4O2/c1-18-6-4-7-19(16-18)21-8-5-9-22-25(21)32-26(28-22)27-20-10-11-24(31-3)23(17-20)30-14-12-29(2)13-15-30/h4-11,16-17H,12-15H2,1-3H3,(H,27,28). The number of oxazole rings is 1. The number of methoxy groups -OCH3 is 1. The Morgan fingerprint density at radius 1 is 0.969 bits per heavy atom. The van der Waals surface area contributed by atoms with E-state index in [1.165, 1.54) is 5.56 Å². The first-order valence-electron chi connectivity index (χ1n) is 11.0. The summed E-state index contributed by atoms with van der Waals surface area (Å²) in [5, 5.41) is 3.35. The Balaban J connectivity index is 1.46. The van der Waals surface area contributed by atoms with Crippen LogP contribution in [0.2, 0.25) is 0 Å². The normalized spacial score (nSPS) is 14.7. The largest absolute Gasteiger partial charge is 0.495 e. The molecule has 1 saturated heterocycles. The summed E-state index contributed by atoms with van der Waals surface area (Å²) >= 11 is 0. The van der Waals surface area contributed by atoms with Gasteiger partial charge in [0, 0.05) is 37.4 Å². The first-order chi connectivity index (χ1) is 15.6. The molecular formula is C26H28N4O2. The van der Waals surface area contributed by atoms with Crippen molar-refractivity contribution >= 4 is 28.5 Å². The average Bonchev–Trinajstić information content (AvgIpc) is 3.22. The molecule has 3 aromatic carbocycles. The lowest BCUT2D eigenvalue weighted by atomic mass is 10.0. The summed E-state index contributed by atoms with van der Waals surface area (Å²) in [7, 11) is 3.88.